The van der Waals surface area contributed by atoms with Crippen LogP contribution in [-0.2, 0) is 4.74 Å². The number of likely N-dealkylation sites (N-methyl/N-ethyl adjacent to an activating group) is 1. The average Bonchev–Trinajstić information content (AvgIpc) is 2.89. The van der Waals surface area contributed by atoms with Crippen molar-refractivity contribution in [1.29, 1.82) is 0 Å². The van der Waals surface area contributed by atoms with E-state index in [2.05, 4.69) is 4.98 Å². The van der Waals surface area contributed by atoms with Gasteiger partial charge in [0.25, 0.3) is 5.91 Å². The van der Waals surface area contributed by atoms with Gasteiger partial charge in [0.1, 0.15) is 11.4 Å². The first-order valence-electron chi connectivity index (χ1n) is 8.46. The normalized spacial score (nSPS) is 19.6. The average molecular weight is 348 g/mol. The molecule has 3 heterocycles. The van der Waals surface area contributed by atoms with Gasteiger partial charge >= 0.3 is 6.09 Å². The van der Waals surface area contributed by atoms with Crippen LogP contribution < -0.4 is 0 Å². The predicted molar refractivity (Wildman–Crippen MR) is 90.4 cm³/mol. The number of nitrogens with zero attached hydrogens (tertiary/aromatic N) is 4. The largest absolute Gasteiger partial charge is 0.505 e. The van der Waals surface area contributed by atoms with Crippen LogP contribution in [0.15, 0.2) is 18.3 Å². The summed E-state index contributed by atoms with van der Waals surface area (Å²) in [5, 5.41) is 9.80. The van der Waals surface area contributed by atoms with Gasteiger partial charge in [0, 0.05) is 45.2 Å². The molecule has 2 aliphatic heterocycles. The number of aromatic hydroxyl groups is 1. The zero-order chi connectivity index (χ0) is 18.0. The second-order valence-corrected chi connectivity index (χ2v) is 6.94. The molecule has 1 aromatic heterocycles. The Kier molecular flexibility index (Phi) is 4.80. The maximum atomic E-state index is 12.5. The lowest BCUT2D eigenvalue weighted by Crippen LogP contribution is -2.49. The summed E-state index contributed by atoms with van der Waals surface area (Å²) >= 11 is 0. The molecule has 0 radical (unpaired) electrons. The van der Waals surface area contributed by atoms with E-state index in [0.29, 0.717) is 39.0 Å². The number of carbonyl (C=O) groups is 2. The van der Waals surface area contributed by atoms with Gasteiger partial charge in [-0.3, -0.25) is 4.79 Å². The fraction of sp³-hybridized carbons (Fsp3) is 0.588. The third-order valence-electron chi connectivity index (χ3n) is 4.81. The minimum atomic E-state index is -0.508. The molecule has 2 saturated heterocycles. The van der Waals surface area contributed by atoms with Crippen LogP contribution in [0.1, 0.15) is 23.3 Å². The number of ether oxygens (including phenoxy) is 1. The van der Waals surface area contributed by atoms with E-state index in [9.17, 15) is 14.7 Å². The third-order valence-corrected chi connectivity index (χ3v) is 4.81. The van der Waals surface area contributed by atoms with Crippen LogP contribution in [0.3, 0.4) is 0 Å². The fourth-order valence-electron chi connectivity index (χ4n) is 3.27. The van der Waals surface area contributed by atoms with E-state index in [1.807, 2.05) is 19.0 Å². The van der Waals surface area contributed by atoms with Gasteiger partial charge in [0.05, 0.1) is 6.54 Å². The molecule has 8 heteroatoms. The van der Waals surface area contributed by atoms with Gasteiger partial charge in [0.2, 0.25) is 0 Å². The third kappa shape index (κ3) is 3.68. The smallest absolute Gasteiger partial charge is 0.410 e. The number of pyridine rings is 1. The van der Waals surface area contributed by atoms with Crippen LogP contribution in [0, 0.1) is 0 Å². The van der Waals surface area contributed by atoms with Gasteiger partial charge in [-0.25, -0.2) is 9.78 Å². The maximum Gasteiger partial charge on any atom is 0.410 e. The minimum absolute atomic E-state index is 0.0643. The van der Waals surface area contributed by atoms with E-state index in [1.165, 1.54) is 12.3 Å². The number of amides is 2. The Hall–Kier alpha value is -2.35. The molecule has 0 aromatic carbocycles. The summed E-state index contributed by atoms with van der Waals surface area (Å²) in [6.07, 6.45) is 2.40. The lowest BCUT2D eigenvalue weighted by atomic mass is 9.91. The van der Waals surface area contributed by atoms with Crippen molar-refractivity contribution in [2.24, 2.45) is 0 Å². The highest BCUT2D eigenvalue weighted by molar-refractivity contribution is 5.94. The van der Waals surface area contributed by atoms with Gasteiger partial charge in [-0.2, -0.15) is 0 Å². The summed E-state index contributed by atoms with van der Waals surface area (Å²) in [5.41, 5.74) is -0.443. The van der Waals surface area contributed by atoms with Crippen molar-refractivity contribution in [3.05, 3.63) is 24.0 Å². The van der Waals surface area contributed by atoms with Crippen LogP contribution in [0.5, 0.6) is 5.75 Å². The van der Waals surface area contributed by atoms with E-state index in [1.54, 1.807) is 15.9 Å². The van der Waals surface area contributed by atoms with Crippen LogP contribution >= 0.6 is 0 Å². The molecule has 8 nitrogen and oxygen atoms in total. The van der Waals surface area contributed by atoms with Crippen molar-refractivity contribution in [1.82, 2.24) is 19.7 Å². The molecule has 0 bridgehead atoms. The molecule has 3 rings (SSSR count). The molecule has 2 fully saturated rings. The molecular formula is C17H24N4O4. The van der Waals surface area contributed by atoms with Crippen molar-refractivity contribution in [3.8, 4) is 5.75 Å². The summed E-state index contributed by atoms with van der Waals surface area (Å²) in [5.74, 6) is -0.406. The summed E-state index contributed by atoms with van der Waals surface area (Å²) in [7, 11) is 3.93. The Morgan fingerprint density at radius 1 is 1.40 bits per heavy atom. The quantitative estimate of drug-likeness (QED) is 0.865. The standard InChI is InChI=1S/C17H24N4O4/c1-19(2)10-11-21-12-17(25-16(21)24)5-8-20(9-6-17)15(23)14-13(22)4-3-7-18-14/h3-4,7,22H,5-6,8-12H2,1-2H3. The topological polar surface area (TPSA) is 86.2 Å². The summed E-state index contributed by atoms with van der Waals surface area (Å²) in [6.45, 7) is 2.94. The second-order valence-electron chi connectivity index (χ2n) is 6.94. The summed E-state index contributed by atoms with van der Waals surface area (Å²) in [4.78, 5) is 34.0. The van der Waals surface area contributed by atoms with Crippen LogP contribution in [0.25, 0.3) is 0 Å². The Labute approximate surface area is 147 Å². The molecule has 136 valence electrons. The van der Waals surface area contributed by atoms with Crippen LogP contribution in [-0.4, -0.2) is 89.2 Å². The highest BCUT2D eigenvalue weighted by Gasteiger charge is 2.47. The molecular weight excluding hydrogens is 324 g/mol. The van der Waals surface area contributed by atoms with E-state index in [4.69, 9.17) is 4.74 Å². The number of piperidine rings is 1. The zero-order valence-corrected chi connectivity index (χ0v) is 14.6. The van der Waals surface area contributed by atoms with E-state index in [-0.39, 0.29) is 23.4 Å². The van der Waals surface area contributed by atoms with Crippen molar-refractivity contribution < 1.29 is 19.4 Å². The first-order chi connectivity index (χ1) is 11.9. The van der Waals surface area contributed by atoms with Crippen molar-refractivity contribution in [2.75, 3.05) is 46.8 Å². The van der Waals surface area contributed by atoms with Crippen molar-refractivity contribution in [2.45, 2.75) is 18.4 Å². The molecule has 2 aliphatic rings. The van der Waals surface area contributed by atoms with Gasteiger partial charge < -0.3 is 24.5 Å². The molecule has 0 atom stereocenters. The fourth-order valence-corrected chi connectivity index (χ4v) is 3.27. The highest BCUT2D eigenvalue weighted by Crippen LogP contribution is 2.33. The predicted octanol–water partition coefficient (Wildman–Crippen LogP) is 0.776. The monoisotopic (exact) mass is 348 g/mol. The Morgan fingerprint density at radius 3 is 2.76 bits per heavy atom. The Bertz CT molecular complexity index is 656. The molecule has 2 amide bonds. The minimum Gasteiger partial charge on any atom is -0.505 e. The van der Waals surface area contributed by atoms with Crippen molar-refractivity contribution >= 4 is 12.0 Å². The van der Waals surface area contributed by atoms with Gasteiger partial charge in [-0.1, -0.05) is 0 Å². The van der Waals surface area contributed by atoms with E-state index in [0.717, 1.165) is 6.54 Å². The maximum absolute atomic E-state index is 12.5. The molecule has 25 heavy (non-hydrogen) atoms. The zero-order valence-electron chi connectivity index (χ0n) is 14.6. The van der Waals surface area contributed by atoms with Gasteiger partial charge in [0.15, 0.2) is 5.69 Å². The highest BCUT2D eigenvalue weighted by atomic mass is 16.6. The molecule has 1 aromatic rings. The van der Waals surface area contributed by atoms with Crippen molar-refractivity contribution in [3.63, 3.8) is 0 Å². The Morgan fingerprint density at radius 2 is 2.12 bits per heavy atom. The second kappa shape index (κ2) is 6.87. The van der Waals surface area contributed by atoms with E-state index >= 15 is 0 Å². The number of hydrogen-bond acceptors (Lipinski definition) is 6. The first-order valence-corrected chi connectivity index (χ1v) is 8.46. The molecule has 1 N–H and O–H groups in total. The summed E-state index contributed by atoms with van der Waals surface area (Å²) in [6, 6.07) is 3.03. The first kappa shape index (κ1) is 17.5. The number of rotatable bonds is 4. The number of hydrogen-bond donors (Lipinski definition) is 1. The number of likely N-dealkylation sites (tertiary alicyclic amines) is 1. The molecule has 1 spiro atoms. The summed E-state index contributed by atoms with van der Waals surface area (Å²) < 4.78 is 5.66. The SMILES string of the molecule is CN(C)CCN1CC2(CCN(C(=O)c3ncccc3O)CC2)OC1=O. The van der Waals surface area contributed by atoms with Crippen LogP contribution in [0.2, 0.25) is 0 Å². The van der Waals surface area contributed by atoms with Gasteiger partial charge in [-0.05, 0) is 26.2 Å². The lowest BCUT2D eigenvalue weighted by molar-refractivity contribution is 0.00290. The molecule has 0 unspecified atom stereocenters. The molecule has 0 saturated carbocycles. The lowest BCUT2D eigenvalue weighted by Gasteiger charge is -2.37. The van der Waals surface area contributed by atoms with Gasteiger partial charge in [-0.15, -0.1) is 0 Å². The number of carbonyl (C=O) groups excluding carboxylic acids is 2. The number of aromatic nitrogens is 1. The molecule has 0 aliphatic carbocycles. The van der Waals surface area contributed by atoms with Crippen LogP contribution in [0.4, 0.5) is 4.79 Å². The van der Waals surface area contributed by atoms with E-state index < -0.39 is 5.60 Å². The Balaban J connectivity index is 1.59.